The molecule has 6 nitrogen and oxygen atoms in total. The number of aryl methyl sites for hydroxylation is 2. The summed E-state index contributed by atoms with van der Waals surface area (Å²) >= 11 is 0. The predicted molar refractivity (Wildman–Crippen MR) is 94.9 cm³/mol. The van der Waals surface area contributed by atoms with Crippen molar-refractivity contribution in [2.75, 3.05) is 23.3 Å². The Bertz CT molecular complexity index is 867. The highest BCUT2D eigenvalue weighted by molar-refractivity contribution is 5.89. The minimum Gasteiger partial charge on any atom is -0.371 e. The van der Waals surface area contributed by atoms with Crippen LogP contribution in [-0.4, -0.2) is 28.2 Å². The third kappa shape index (κ3) is 2.79. The van der Waals surface area contributed by atoms with Crippen LogP contribution in [0.1, 0.15) is 30.5 Å². The molecule has 1 N–H and O–H groups in total. The lowest BCUT2D eigenvalue weighted by Gasteiger charge is -2.29. The minimum atomic E-state index is 0.508. The number of rotatable bonds is 3. The molecule has 4 rings (SSSR count). The fourth-order valence-electron chi connectivity index (χ4n) is 3.32. The molecule has 0 bridgehead atoms. The summed E-state index contributed by atoms with van der Waals surface area (Å²) in [5, 5.41) is 8.23. The van der Waals surface area contributed by atoms with Gasteiger partial charge in [0.1, 0.15) is 17.5 Å². The molecule has 0 saturated carbocycles. The number of nitrogens with zero attached hydrogens (tertiary/aromatic N) is 4. The molecular formula is C18H21N5O. The highest BCUT2D eigenvalue weighted by Crippen LogP contribution is 2.29. The van der Waals surface area contributed by atoms with Gasteiger partial charge in [-0.1, -0.05) is 5.16 Å². The number of benzene rings is 1. The number of fused-ring (bicyclic) bond motifs is 1. The average molecular weight is 323 g/mol. The van der Waals surface area contributed by atoms with Gasteiger partial charge in [0.25, 0.3) is 5.71 Å². The Kier molecular flexibility index (Phi) is 3.80. The van der Waals surface area contributed by atoms with E-state index < -0.39 is 0 Å². The van der Waals surface area contributed by atoms with E-state index in [2.05, 4.69) is 50.5 Å². The zero-order valence-corrected chi connectivity index (χ0v) is 14.0. The van der Waals surface area contributed by atoms with Crippen LogP contribution in [0.15, 0.2) is 29.0 Å². The molecule has 1 fully saturated rings. The van der Waals surface area contributed by atoms with Crippen molar-refractivity contribution in [1.29, 1.82) is 0 Å². The highest BCUT2D eigenvalue weighted by atomic mass is 16.5. The van der Waals surface area contributed by atoms with Gasteiger partial charge in [-0.3, -0.25) is 0 Å². The number of aromatic nitrogens is 3. The molecule has 2 aromatic heterocycles. The number of hydrogen-bond donors (Lipinski definition) is 1. The van der Waals surface area contributed by atoms with Crippen LogP contribution in [0, 0.1) is 13.8 Å². The van der Waals surface area contributed by atoms with Gasteiger partial charge >= 0.3 is 0 Å². The van der Waals surface area contributed by atoms with E-state index in [1.807, 2.05) is 6.92 Å². The quantitative estimate of drug-likeness (QED) is 0.786. The molecule has 0 unspecified atom stereocenters. The highest BCUT2D eigenvalue weighted by Gasteiger charge is 2.14. The number of hydrogen-bond acceptors (Lipinski definition) is 6. The van der Waals surface area contributed by atoms with Crippen LogP contribution in [0.3, 0.4) is 0 Å². The van der Waals surface area contributed by atoms with Gasteiger partial charge in [-0.05, 0) is 56.9 Å². The van der Waals surface area contributed by atoms with Crippen LogP contribution in [0.25, 0.3) is 11.1 Å². The minimum absolute atomic E-state index is 0.508. The molecule has 0 spiro atoms. The van der Waals surface area contributed by atoms with E-state index in [4.69, 9.17) is 4.52 Å². The first kappa shape index (κ1) is 14.9. The van der Waals surface area contributed by atoms with Gasteiger partial charge in [0.2, 0.25) is 0 Å². The Labute approximate surface area is 140 Å². The summed E-state index contributed by atoms with van der Waals surface area (Å²) in [6, 6.07) is 6.57. The van der Waals surface area contributed by atoms with Crippen molar-refractivity contribution < 1.29 is 4.52 Å². The summed E-state index contributed by atoms with van der Waals surface area (Å²) in [6.45, 7) is 6.28. The molecule has 1 saturated heterocycles. The van der Waals surface area contributed by atoms with Crippen LogP contribution in [0.4, 0.5) is 17.2 Å². The van der Waals surface area contributed by atoms with Crippen molar-refractivity contribution in [2.45, 2.75) is 33.1 Å². The first-order chi connectivity index (χ1) is 11.7. The van der Waals surface area contributed by atoms with Crippen LogP contribution in [0.5, 0.6) is 0 Å². The maximum Gasteiger partial charge on any atom is 0.263 e. The molecule has 6 heteroatoms. The zero-order valence-electron chi connectivity index (χ0n) is 14.0. The third-order valence-electron chi connectivity index (χ3n) is 4.49. The van der Waals surface area contributed by atoms with E-state index >= 15 is 0 Å². The molecule has 3 heterocycles. The van der Waals surface area contributed by atoms with Gasteiger partial charge in [0, 0.05) is 24.5 Å². The Morgan fingerprint density at radius 1 is 1.04 bits per heavy atom. The molecule has 0 amide bonds. The largest absolute Gasteiger partial charge is 0.371 e. The maximum atomic E-state index is 5.22. The molecule has 124 valence electrons. The molecule has 0 radical (unpaired) electrons. The monoisotopic (exact) mass is 323 g/mol. The lowest BCUT2D eigenvalue weighted by atomic mass is 10.1. The molecule has 0 aliphatic carbocycles. The zero-order chi connectivity index (χ0) is 16.5. The lowest BCUT2D eigenvalue weighted by Crippen LogP contribution is -2.29. The van der Waals surface area contributed by atoms with Crippen molar-refractivity contribution in [3.8, 4) is 0 Å². The first-order valence-electron chi connectivity index (χ1n) is 8.41. The van der Waals surface area contributed by atoms with Crippen molar-refractivity contribution in [1.82, 2.24) is 15.1 Å². The van der Waals surface area contributed by atoms with Gasteiger partial charge in [0.05, 0.1) is 5.69 Å². The summed E-state index contributed by atoms with van der Waals surface area (Å²) in [4.78, 5) is 11.0. The van der Waals surface area contributed by atoms with Crippen LogP contribution in [0.2, 0.25) is 0 Å². The van der Waals surface area contributed by atoms with E-state index in [0.29, 0.717) is 5.71 Å². The van der Waals surface area contributed by atoms with Crippen LogP contribution in [-0.2, 0) is 0 Å². The van der Waals surface area contributed by atoms with E-state index in [-0.39, 0.29) is 0 Å². The smallest absolute Gasteiger partial charge is 0.263 e. The third-order valence-corrected chi connectivity index (χ3v) is 4.49. The summed E-state index contributed by atoms with van der Waals surface area (Å²) < 4.78 is 5.22. The van der Waals surface area contributed by atoms with E-state index in [0.717, 1.165) is 35.7 Å². The number of piperidine rings is 1. The van der Waals surface area contributed by atoms with Gasteiger partial charge in [0.15, 0.2) is 0 Å². The maximum absolute atomic E-state index is 5.22. The summed E-state index contributed by atoms with van der Waals surface area (Å²) in [5.74, 6) is 0.731. The molecule has 24 heavy (non-hydrogen) atoms. The number of nitrogens with one attached hydrogen (secondary N) is 1. The van der Waals surface area contributed by atoms with Gasteiger partial charge in [-0.25, -0.2) is 4.98 Å². The van der Waals surface area contributed by atoms with Crippen molar-refractivity contribution >= 4 is 28.3 Å². The van der Waals surface area contributed by atoms with Crippen LogP contribution >= 0.6 is 0 Å². The molecule has 3 aromatic rings. The van der Waals surface area contributed by atoms with E-state index in [1.54, 1.807) is 0 Å². The average Bonchev–Trinajstić information content (AvgIpc) is 2.98. The molecule has 1 aromatic carbocycles. The van der Waals surface area contributed by atoms with Crippen molar-refractivity contribution in [2.24, 2.45) is 0 Å². The van der Waals surface area contributed by atoms with Crippen molar-refractivity contribution in [3.05, 3.63) is 35.8 Å². The second kappa shape index (κ2) is 6.11. The Morgan fingerprint density at radius 3 is 2.71 bits per heavy atom. The van der Waals surface area contributed by atoms with Crippen molar-refractivity contribution in [3.63, 3.8) is 0 Å². The molecular weight excluding hydrogens is 302 g/mol. The molecule has 1 aliphatic heterocycles. The second-order valence-electron chi connectivity index (χ2n) is 6.40. The first-order valence-corrected chi connectivity index (χ1v) is 8.41. The van der Waals surface area contributed by atoms with Gasteiger partial charge in [-0.15, -0.1) is 0 Å². The normalized spacial score (nSPS) is 15.0. The molecule has 0 atom stereocenters. The standard InChI is InChI=1S/C18H21N5O/c1-12-8-14(10-15(9-12)23-6-4-3-5-7-23)21-17-16-13(2)22-24-18(16)20-11-19-17/h8-11H,3-7H2,1-2H3,(H,19,20,21). The Balaban J connectivity index is 1.68. The van der Waals surface area contributed by atoms with Gasteiger partial charge in [-0.2, -0.15) is 4.98 Å². The lowest BCUT2D eigenvalue weighted by molar-refractivity contribution is 0.442. The fourth-order valence-corrected chi connectivity index (χ4v) is 3.32. The predicted octanol–water partition coefficient (Wildman–Crippen LogP) is 3.97. The molecule has 1 aliphatic rings. The Morgan fingerprint density at radius 2 is 1.88 bits per heavy atom. The summed E-state index contributed by atoms with van der Waals surface area (Å²) in [7, 11) is 0. The number of anilines is 3. The summed E-state index contributed by atoms with van der Waals surface area (Å²) in [5.41, 5.74) is 4.82. The van der Waals surface area contributed by atoms with Crippen LogP contribution < -0.4 is 10.2 Å². The fraction of sp³-hybridized carbons (Fsp3) is 0.389. The topological polar surface area (TPSA) is 67.1 Å². The SMILES string of the molecule is Cc1cc(Nc2ncnc3onc(C)c23)cc(N2CCCCC2)c1. The Hall–Kier alpha value is -2.63. The van der Waals surface area contributed by atoms with Gasteiger partial charge < -0.3 is 14.7 Å². The van der Waals surface area contributed by atoms with E-state index in [1.165, 1.54) is 36.8 Å². The summed E-state index contributed by atoms with van der Waals surface area (Å²) in [6.07, 6.45) is 5.36. The van der Waals surface area contributed by atoms with E-state index in [9.17, 15) is 0 Å². The second-order valence-corrected chi connectivity index (χ2v) is 6.40.